The van der Waals surface area contributed by atoms with E-state index in [0.717, 1.165) is 22.6 Å². The van der Waals surface area contributed by atoms with E-state index >= 15 is 0 Å². The van der Waals surface area contributed by atoms with Crippen LogP contribution in [0.1, 0.15) is 17.2 Å². The van der Waals surface area contributed by atoms with Crippen LogP contribution >= 0.6 is 0 Å². The van der Waals surface area contributed by atoms with E-state index in [0.29, 0.717) is 5.82 Å². The molecule has 0 aromatic carbocycles. The van der Waals surface area contributed by atoms with Gasteiger partial charge in [0.05, 0.1) is 17.9 Å². The van der Waals surface area contributed by atoms with Crippen molar-refractivity contribution < 1.29 is 0 Å². The Kier molecular flexibility index (Phi) is 4.70. The lowest BCUT2D eigenvalue weighted by Crippen LogP contribution is -2.26. The molecule has 2 N–H and O–H groups in total. The van der Waals surface area contributed by atoms with E-state index in [9.17, 15) is 0 Å². The molecule has 4 aromatic heterocycles. The summed E-state index contributed by atoms with van der Waals surface area (Å²) in [5.41, 5.74) is 8.90. The maximum atomic E-state index is 5.97. The molecule has 0 atom stereocenters. The van der Waals surface area contributed by atoms with Gasteiger partial charge < -0.3 is 10.6 Å². The molecular formula is C21H18N6. The van der Waals surface area contributed by atoms with E-state index in [1.54, 1.807) is 24.7 Å². The smallest absolute Gasteiger partial charge is 0.136 e. The number of nitrogens with two attached hydrogens (primary N) is 1. The predicted octanol–water partition coefficient (Wildman–Crippen LogP) is 3.78. The Morgan fingerprint density at radius 2 is 1.33 bits per heavy atom. The summed E-state index contributed by atoms with van der Waals surface area (Å²) < 4.78 is 0. The zero-order chi connectivity index (χ0) is 18.5. The van der Waals surface area contributed by atoms with Crippen LogP contribution in [0.2, 0.25) is 0 Å². The summed E-state index contributed by atoms with van der Waals surface area (Å²) in [5, 5.41) is 0. The monoisotopic (exact) mass is 354 g/mol. The second-order valence-electron chi connectivity index (χ2n) is 5.98. The summed E-state index contributed by atoms with van der Waals surface area (Å²) in [6.07, 6.45) is 10.8. The molecule has 0 bridgehead atoms. The van der Waals surface area contributed by atoms with Crippen LogP contribution in [0.4, 0.5) is 17.3 Å². The van der Waals surface area contributed by atoms with Crippen molar-refractivity contribution in [3.05, 3.63) is 103 Å². The highest BCUT2D eigenvalue weighted by molar-refractivity contribution is 5.64. The first-order valence-electron chi connectivity index (χ1n) is 8.54. The van der Waals surface area contributed by atoms with Crippen LogP contribution in [0.15, 0.2) is 91.8 Å². The SMILES string of the molecule is Nc1cccc(N(c2cccnc2)C(c2cccnc2)c2cccnc2)n1. The third kappa shape index (κ3) is 3.59. The number of hydrogen-bond donors (Lipinski definition) is 1. The third-order valence-corrected chi connectivity index (χ3v) is 4.19. The first kappa shape index (κ1) is 16.7. The summed E-state index contributed by atoms with van der Waals surface area (Å²) in [5.74, 6) is 1.18. The van der Waals surface area contributed by atoms with Gasteiger partial charge in [0.1, 0.15) is 11.6 Å². The normalized spacial score (nSPS) is 10.7. The van der Waals surface area contributed by atoms with E-state index in [2.05, 4.69) is 24.8 Å². The van der Waals surface area contributed by atoms with Gasteiger partial charge >= 0.3 is 0 Å². The largest absolute Gasteiger partial charge is 0.384 e. The molecule has 0 saturated carbocycles. The number of hydrogen-bond acceptors (Lipinski definition) is 6. The molecule has 0 spiro atoms. The Balaban J connectivity index is 1.94. The fourth-order valence-electron chi connectivity index (χ4n) is 3.05. The summed E-state index contributed by atoms with van der Waals surface area (Å²) in [7, 11) is 0. The van der Waals surface area contributed by atoms with E-state index in [1.807, 2.05) is 67.1 Å². The Morgan fingerprint density at radius 1 is 0.704 bits per heavy atom. The molecule has 6 nitrogen and oxygen atoms in total. The summed E-state index contributed by atoms with van der Waals surface area (Å²) in [6.45, 7) is 0. The van der Waals surface area contributed by atoms with E-state index in [4.69, 9.17) is 5.73 Å². The van der Waals surface area contributed by atoms with Crippen LogP contribution in [-0.2, 0) is 0 Å². The van der Waals surface area contributed by atoms with Gasteiger partial charge in [0.25, 0.3) is 0 Å². The van der Waals surface area contributed by atoms with Gasteiger partial charge in [0, 0.05) is 31.0 Å². The number of anilines is 3. The number of nitrogens with zero attached hydrogens (tertiary/aromatic N) is 5. The van der Waals surface area contributed by atoms with Crippen molar-refractivity contribution in [2.24, 2.45) is 0 Å². The van der Waals surface area contributed by atoms with Gasteiger partial charge in [-0.1, -0.05) is 18.2 Å². The van der Waals surface area contributed by atoms with Crippen LogP contribution in [-0.4, -0.2) is 19.9 Å². The van der Waals surface area contributed by atoms with E-state index in [-0.39, 0.29) is 6.04 Å². The maximum Gasteiger partial charge on any atom is 0.136 e. The van der Waals surface area contributed by atoms with Gasteiger partial charge in [0.15, 0.2) is 0 Å². The van der Waals surface area contributed by atoms with Gasteiger partial charge in [-0.2, -0.15) is 0 Å². The fourth-order valence-corrected chi connectivity index (χ4v) is 3.05. The van der Waals surface area contributed by atoms with Gasteiger partial charge in [-0.05, 0) is 47.5 Å². The first-order chi connectivity index (χ1) is 13.3. The van der Waals surface area contributed by atoms with Crippen LogP contribution < -0.4 is 10.6 Å². The van der Waals surface area contributed by atoms with E-state index in [1.165, 1.54) is 0 Å². The van der Waals surface area contributed by atoms with Crippen molar-refractivity contribution in [3.8, 4) is 0 Å². The minimum atomic E-state index is -0.189. The Labute approximate surface area is 157 Å². The molecule has 0 aliphatic rings. The molecule has 6 heteroatoms. The molecule has 0 aliphatic heterocycles. The van der Waals surface area contributed by atoms with Crippen molar-refractivity contribution in [2.45, 2.75) is 6.04 Å². The number of aromatic nitrogens is 4. The second-order valence-corrected chi connectivity index (χ2v) is 5.98. The molecule has 0 amide bonds. The van der Waals surface area contributed by atoms with Crippen molar-refractivity contribution in [3.63, 3.8) is 0 Å². The summed E-state index contributed by atoms with van der Waals surface area (Å²) in [6, 6.07) is 17.2. The number of rotatable bonds is 5. The highest BCUT2D eigenvalue weighted by atomic mass is 15.2. The Bertz CT molecular complexity index is 953. The van der Waals surface area contributed by atoms with Crippen LogP contribution in [0.25, 0.3) is 0 Å². The standard InChI is InChI=1S/C21H18N6/c22-19-8-1-9-20(26-19)27(18-7-4-12-25-15-18)21(16-5-2-10-23-13-16)17-6-3-11-24-14-17/h1-15,21H,(H2,22,26). The van der Waals surface area contributed by atoms with E-state index < -0.39 is 0 Å². The molecule has 0 saturated heterocycles. The molecule has 0 aliphatic carbocycles. The highest BCUT2D eigenvalue weighted by Crippen LogP contribution is 2.37. The molecule has 27 heavy (non-hydrogen) atoms. The third-order valence-electron chi connectivity index (χ3n) is 4.19. The summed E-state index contributed by atoms with van der Waals surface area (Å²) >= 11 is 0. The summed E-state index contributed by atoms with van der Waals surface area (Å²) in [4.78, 5) is 19.6. The second kappa shape index (κ2) is 7.61. The minimum Gasteiger partial charge on any atom is -0.384 e. The zero-order valence-corrected chi connectivity index (χ0v) is 14.6. The quantitative estimate of drug-likeness (QED) is 0.587. The van der Waals surface area contributed by atoms with Gasteiger partial charge in [0.2, 0.25) is 0 Å². The molecule has 4 rings (SSSR count). The number of pyridine rings is 4. The van der Waals surface area contributed by atoms with Gasteiger partial charge in [-0.15, -0.1) is 0 Å². The van der Waals surface area contributed by atoms with Crippen molar-refractivity contribution in [2.75, 3.05) is 10.6 Å². The zero-order valence-electron chi connectivity index (χ0n) is 14.6. The molecule has 0 fully saturated rings. The Hall–Kier alpha value is -3.80. The van der Waals surface area contributed by atoms with Crippen LogP contribution in [0.5, 0.6) is 0 Å². The average molecular weight is 354 g/mol. The lowest BCUT2D eigenvalue weighted by atomic mass is 9.99. The maximum absolute atomic E-state index is 5.97. The number of nitrogen functional groups attached to an aromatic ring is 1. The van der Waals surface area contributed by atoms with Crippen molar-refractivity contribution >= 4 is 17.3 Å². The molecule has 0 unspecified atom stereocenters. The topological polar surface area (TPSA) is 80.8 Å². The molecule has 132 valence electrons. The average Bonchev–Trinajstić information content (AvgIpc) is 2.74. The van der Waals surface area contributed by atoms with Crippen molar-refractivity contribution in [1.29, 1.82) is 0 Å². The lowest BCUT2D eigenvalue weighted by Gasteiger charge is -2.33. The molecular weight excluding hydrogens is 336 g/mol. The van der Waals surface area contributed by atoms with Crippen molar-refractivity contribution in [1.82, 2.24) is 19.9 Å². The van der Waals surface area contributed by atoms with Crippen LogP contribution in [0.3, 0.4) is 0 Å². The Morgan fingerprint density at radius 3 is 1.85 bits per heavy atom. The first-order valence-corrected chi connectivity index (χ1v) is 8.54. The molecule has 0 radical (unpaired) electrons. The minimum absolute atomic E-state index is 0.189. The van der Waals surface area contributed by atoms with Gasteiger partial charge in [-0.3, -0.25) is 15.0 Å². The molecule has 4 heterocycles. The van der Waals surface area contributed by atoms with Gasteiger partial charge in [-0.25, -0.2) is 4.98 Å². The molecule has 4 aromatic rings. The highest BCUT2D eigenvalue weighted by Gasteiger charge is 2.26. The lowest BCUT2D eigenvalue weighted by molar-refractivity contribution is 0.795. The fraction of sp³-hybridized carbons (Fsp3) is 0.0476. The predicted molar refractivity (Wildman–Crippen MR) is 105 cm³/mol. The van der Waals surface area contributed by atoms with Crippen LogP contribution in [0, 0.1) is 0 Å².